The van der Waals surface area contributed by atoms with Crippen molar-refractivity contribution in [1.82, 2.24) is 0 Å². The number of carboxylic acid groups (broad SMARTS) is 1. The number of rotatable bonds is 2. The predicted molar refractivity (Wildman–Crippen MR) is 48.2 cm³/mol. The van der Waals surface area contributed by atoms with Crippen molar-refractivity contribution in [3.05, 3.63) is 11.6 Å². The minimum absolute atomic E-state index is 0.517. The van der Waals surface area contributed by atoms with Crippen molar-refractivity contribution in [1.29, 1.82) is 0 Å². The standard InChI is InChI=1S/C10H13F3O2/c1-5(10(11,12)13)4-6-7(8(14)15)9(6,2)3/h4,6-7H,1-3H3,(H,14,15)/b5-4+/t6-,7-/m0/s1. The van der Waals surface area contributed by atoms with E-state index in [4.69, 9.17) is 5.11 Å². The maximum atomic E-state index is 12.2. The van der Waals surface area contributed by atoms with Crippen LogP contribution in [0, 0.1) is 17.3 Å². The molecular weight excluding hydrogens is 209 g/mol. The zero-order chi connectivity index (χ0) is 12.0. The average Bonchev–Trinajstić information content (AvgIpc) is 2.50. The van der Waals surface area contributed by atoms with Gasteiger partial charge in [0.15, 0.2) is 0 Å². The molecule has 86 valence electrons. The number of hydrogen-bond acceptors (Lipinski definition) is 1. The van der Waals surface area contributed by atoms with E-state index in [0.29, 0.717) is 0 Å². The Labute approximate surface area is 85.8 Å². The molecule has 0 amide bonds. The molecule has 0 aromatic carbocycles. The molecule has 0 aliphatic heterocycles. The lowest BCUT2D eigenvalue weighted by atomic mass is 10.1. The normalized spacial score (nSPS) is 30.1. The predicted octanol–water partition coefficient (Wildman–Crippen LogP) is 2.85. The lowest BCUT2D eigenvalue weighted by Gasteiger charge is -2.06. The SMILES string of the molecule is C/C(=C\[C@H]1[C@@H](C(=O)O)C1(C)C)C(F)(F)F. The van der Waals surface area contributed by atoms with Crippen LogP contribution in [0.3, 0.4) is 0 Å². The van der Waals surface area contributed by atoms with Gasteiger partial charge in [0.05, 0.1) is 5.92 Å². The minimum Gasteiger partial charge on any atom is -0.481 e. The molecule has 1 rings (SSSR count). The topological polar surface area (TPSA) is 37.3 Å². The van der Waals surface area contributed by atoms with E-state index in [1.54, 1.807) is 13.8 Å². The second-order valence-corrected chi connectivity index (χ2v) is 4.51. The molecule has 0 unspecified atom stereocenters. The van der Waals surface area contributed by atoms with Gasteiger partial charge in [0.2, 0.25) is 0 Å². The van der Waals surface area contributed by atoms with Gasteiger partial charge in [0.1, 0.15) is 0 Å². The first-order chi connectivity index (χ1) is 6.58. The number of halogens is 3. The number of allylic oxidation sites excluding steroid dienone is 2. The highest BCUT2D eigenvalue weighted by Gasteiger charge is 2.61. The lowest BCUT2D eigenvalue weighted by molar-refractivity contribution is -0.139. The van der Waals surface area contributed by atoms with Crippen LogP contribution in [0.5, 0.6) is 0 Å². The fourth-order valence-electron chi connectivity index (χ4n) is 1.82. The van der Waals surface area contributed by atoms with E-state index in [0.717, 1.165) is 13.0 Å². The van der Waals surface area contributed by atoms with Gasteiger partial charge in [-0.2, -0.15) is 13.2 Å². The molecule has 0 heterocycles. The molecule has 2 atom stereocenters. The van der Waals surface area contributed by atoms with Gasteiger partial charge in [-0.1, -0.05) is 19.9 Å². The van der Waals surface area contributed by atoms with Crippen molar-refractivity contribution in [3.8, 4) is 0 Å². The smallest absolute Gasteiger partial charge is 0.412 e. The Morgan fingerprint density at radius 1 is 1.40 bits per heavy atom. The van der Waals surface area contributed by atoms with Gasteiger partial charge in [-0.25, -0.2) is 0 Å². The van der Waals surface area contributed by atoms with Gasteiger partial charge in [-0.05, 0) is 18.3 Å². The molecule has 0 aromatic heterocycles. The molecule has 0 spiro atoms. The Hall–Kier alpha value is -1.00. The van der Waals surface area contributed by atoms with Crippen molar-refractivity contribution in [2.75, 3.05) is 0 Å². The zero-order valence-corrected chi connectivity index (χ0v) is 8.72. The maximum Gasteiger partial charge on any atom is 0.412 e. The summed E-state index contributed by atoms with van der Waals surface area (Å²) in [6, 6.07) is 0. The van der Waals surface area contributed by atoms with E-state index in [2.05, 4.69) is 0 Å². The molecule has 1 saturated carbocycles. The quantitative estimate of drug-likeness (QED) is 0.729. The molecule has 5 heteroatoms. The maximum absolute atomic E-state index is 12.2. The first-order valence-electron chi connectivity index (χ1n) is 4.57. The van der Waals surface area contributed by atoms with Gasteiger partial charge in [-0.15, -0.1) is 0 Å². The summed E-state index contributed by atoms with van der Waals surface area (Å²) in [6.07, 6.45) is -3.33. The zero-order valence-electron chi connectivity index (χ0n) is 8.72. The largest absolute Gasteiger partial charge is 0.481 e. The van der Waals surface area contributed by atoms with E-state index in [1.807, 2.05) is 0 Å². The van der Waals surface area contributed by atoms with E-state index >= 15 is 0 Å². The molecule has 2 nitrogen and oxygen atoms in total. The molecular formula is C10H13F3O2. The highest BCUT2D eigenvalue weighted by atomic mass is 19.4. The molecule has 0 radical (unpaired) electrons. The lowest BCUT2D eigenvalue weighted by Crippen LogP contribution is -2.09. The third kappa shape index (κ3) is 2.16. The summed E-state index contributed by atoms with van der Waals surface area (Å²) in [6.45, 7) is 4.29. The van der Waals surface area contributed by atoms with E-state index < -0.39 is 35.0 Å². The molecule has 1 aliphatic rings. The average molecular weight is 222 g/mol. The summed E-state index contributed by atoms with van der Waals surface area (Å²) in [5.74, 6) is -2.25. The third-order valence-corrected chi connectivity index (χ3v) is 3.05. The monoisotopic (exact) mass is 222 g/mol. The fraction of sp³-hybridized carbons (Fsp3) is 0.700. The number of alkyl halides is 3. The number of hydrogen-bond donors (Lipinski definition) is 1. The van der Waals surface area contributed by atoms with E-state index in [9.17, 15) is 18.0 Å². The summed E-state index contributed by atoms with van der Waals surface area (Å²) in [5, 5.41) is 8.76. The highest BCUT2D eigenvalue weighted by Crippen LogP contribution is 2.59. The van der Waals surface area contributed by atoms with Crippen LogP contribution in [0.15, 0.2) is 11.6 Å². The molecule has 15 heavy (non-hydrogen) atoms. The van der Waals surface area contributed by atoms with Gasteiger partial charge in [-0.3, -0.25) is 4.79 Å². The highest BCUT2D eigenvalue weighted by molar-refractivity contribution is 5.76. The van der Waals surface area contributed by atoms with Gasteiger partial charge in [0.25, 0.3) is 0 Å². The Kier molecular flexibility index (Phi) is 2.62. The second-order valence-electron chi connectivity index (χ2n) is 4.51. The van der Waals surface area contributed by atoms with Crippen LogP contribution < -0.4 is 0 Å². The van der Waals surface area contributed by atoms with Crippen LogP contribution in [0.2, 0.25) is 0 Å². The van der Waals surface area contributed by atoms with Gasteiger partial charge >= 0.3 is 12.1 Å². The third-order valence-electron chi connectivity index (χ3n) is 3.05. The van der Waals surface area contributed by atoms with E-state index in [1.165, 1.54) is 0 Å². The minimum atomic E-state index is -4.36. The summed E-state index contributed by atoms with van der Waals surface area (Å²) >= 11 is 0. The molecule has 1 aliphatic carbocycles. The number of carbonyl (C=O) groups is 1. The van der Waals surface area contributed by atoms with Crippen molar-refractivity contribution >= 4 is 5.97 Å². The molecule has 0 bridgehead atoms. The van der Waals surface area contributed by atoms with Gasteiger partial charge < -0.3 is 5.11 Å². The summed E-state index contributed by atoms with van der Waals surface area (Å²) in [5.41, 5.74) is -1.29. The van der Waals surface area contributed by atoms with Crippen molar-refractivity contribution in [3.63, 3.8) is 0 Å². The number of aliphatic carboxylic acids is 1. The molecule has 1 N–H and O–H groups in total. The summed E-state index contributed by atoms with van der Waals surface area (Å²) in [7, 11) is 0. The fourth-order valence-corrected chi connectivity index (χ4v) is 1.82. The van der Waals surface area contributed by atoms with E-state index in [-0.39, 0.29) is 0 Å². The van der Waals surface area contributed by atoms with Crippen LogP contribution in [-0.2, 0) is 4.79 Å². The molecule has 1 fully saturated rings. The van der Waals surface area contributed by atoms with Crippen LogP contribution >= 0.6 is 0 Å². The van der Waals surface area contributed by atoms with Crippen LogP contribution in [0.4, 0.5) is 13.2 Å². The first-order valence-corrected chi connectivity index (χ1v) is 4.57. The van der Waals surface area contributed by atoms with Crippen LogP contribution in [0.1, 0.15) is 20.8 Å². The Balaban J connectivity index is 2.83. The van der Waals surface area contributed by atoms with Crippen molar-refractivity contribution in [2.24, 2.45) is 17.3 Å². The van der Waals surface area contributed by atoms with Gasteiger partial charge in [0, 0.05) is 5.57 Å². The second kappa shape index (κ2) is 3.25. The van der Waals surface area contributed by atoms with Crippen LogP contribution in [0.25, 0.3) is 0 Å². The number of carboxylic acids is 1. The van der Waals surface area contributed by atoms with Crippen molar-refractivity contribution in [2.45, 2.75) is 26.9 Å². The van der Waals surface area contributed by atoms with Crippen LogP contribution in [-0.4, -0.2) is 17.3 Å². The summed E-state index contributed by atoms with van der Waals surface area (Å²) in [4.78, 5) is 10.7. The molecule has 0 aromatic rings. The summed E-state index contributed by atoms with van der Waals surface area (Å²) < 4.78 is 36.6. The Bertz CT molecular complexity index is 315. The Morgan fingerprint density at radius 3 is 2.13 bits per heavy atom. The van der Waals surface area contributed by atoms with Crippen molar-refractivity contribution < 1.29 is 23.1 Å². The Morgan fingerprint density at radius 2 is 1.87 bits per heavy atom. The molecule has 0 saturated heterocycles. The first kappa shape index (κ1) is 12.1.